The minimum Gasteiger partial charge on any atom is -0.370 e. The molecule has 0 aliphatic carbocycles. The Morgan fingerprint density at radius 1 is 1.39 bits per heavy atom. The zero-order valence-corrected chi connectivity index (χ0v) is 11.5. The third kappa shape index (κ3) is 5.17. The van der Waals surface area contributed by atoms with Gasteiger partial charge in [-0.15, -0.1) is 0 Å². The van der Waals surface area contributed by atoms with Gasteiger partial charge >= 0.3 is 0 Å². The fourth-order valence-electron chi connectivity index (χ4n) is 1.66. The minimum atomic E-state index is -0.200. The van der Waals surface area contributed by atoms with Crippen LogP contribution >= 0.6 is 0 Å². The van der Waals surface area contributed by atoms with E-state index in [1.165, 1.54) is 12.1 Å². The third-order valence-corrected chi connectivity index (χ3v) is 2.47. The molecule has 0 fully saturated rings. The van der Waals surface area contributed by atoms with E-state index in [2.05, 4.69) is 10.3 Å². The van der Waals surface area contributed by atoms with E-state index in [4.69, 9.17) is 5.73 Å². The second-order valence-electron chi connectivity index (χ2n) is 5.46. The Balaban J connectivity index is 2.53. The maximum absolute atomic E-state index is 12.9. The molecule has 0 aliphatic rings. The first kappa shape index (κ1) is 14.5. The maximum atomic E-state index is 12.9. The standard InChI is InChI=1S/C14H22FN3/c1-10-9-12(15)6-5-11(10)7-8-17-13(16)18-14(2,3)4/h5-6,9H,7-8H2,1-4H3,(H3,16,17,18). The normalized spacial score (nSPS) is 12.6. The summed E-state index contributed by atoms with van der Waals surface area (Å²) >= 11 is 0. The van der Waals surface area contributed by atoms with Gasteiger partial charge in [-0.25, -0.2) is 4.39 Å². The minimum absolute atomic E-state index is 0.0840. The van der Waals surface area contributed by atoms with Crippen molar-refractivity contribution in [3.05, 3.63) is 35.1 Å². The predicted octanol–water partition coefficient (Wildman–Crippen LogP) is 2.38. The van der Waals surface area contributed by atoms with E-state index >= 15 is 0 Å². The van der Waals surface area contributed by atoms with Crippen LogP contribution in [0.4, 0.5) is 4.39 Å². The molecule has 0 radical (unpaired) electrons. The number of nitrogens with one attached hydrogen (secondary N) is 1. The monoisotopic (exact) mass is 251 g/mol. The van der Waals surface area contributed by atoms with Crippen molar-refractivity contribution in [1.82, 2.24) is 5.32 Å². The second-order valence-corrected chi connectivity index (χ2v) is 5.46. The van der Waals surface area contributed by atoms with Crippen LogP contribution < -0.4 is 11.1 Å². The Morgan fingerprint density at radius 3 is 2.61 bits per heavy atom. The largest absolute Gasteiger partial charge is 0.370 e. The maximum Gasteiger partial charge on any atom is 0.188 e. The van der Waals surface area contributed by atoms with Crippen LogP contribution in [0, 0.1) is 12.7 Å². The molecule has 3 nitrogen and oxygen atoms in total. The van der Waals surface area contributed by atoms with E-state index in [1.807, 2.05) is 27.7 Å². The molecule has 1 rings (SSSR count). The van der Waals surface area contributed by atoms with E-state index in [1.54, 1.807) is 6.07 Å². The number of rotatable bonds is 3. The number of nitrogens with two attached hydrogens (primary N) is 1. The van der Waals surface area contributed by atoms with Gasteiger partial charge in [-0.3, -0.25) is 4.99 Å². The van der Waals surface area contributed by atoms with Crippen molar-refractivity contribution in [2.24, 2.45) is 10.7 Å². The van der Waals surface area contributed by atoms with Crippen molar-refractivity contribution in [3.8, 4) is 0 Å². The SMILES string of the molecule is Cc1cc(F)ccc1CCN=C(N)NC(C)(C)C. The highest BCUT2D eigenvalue weighted by atomic mass is 19.1. The van der Waals surface area contributed by atoms with E-state index in [0.717, 1.165) is 17.5 Å². The Labute approximate surface area is 108 Å². The Morgan fingerprint density at radius 2 is 2.06 bits per heavy atom. The molecule has 0 saturated carbocycles. The van der Waals surface area contributed by atoms with Crippen LogP contribution in [0.2, 0.25) is 0 Å². The summed E-state index contributed by atoms with van der Waals surface area (Å²) in [5.74, 6) is 0.246. The van der Waals surface area contributed by atoms with Crippen molar-refractivity contribution in [2.45, 2.75) is 39.7 Å². The lowest BCUT2D eigenvalue weighted by molar-refractivity contribution is 0.508. The third-order valence-electron chi connectivity index (χ3n) is 2.47. The molecule has 0 amide bonds. The molecule has 0 aliphatic heterocycles. The Hall–Kier alpha value is -1.58. The lowest BCUT2D eigenvalue weighted by atomic mass is 10.1. The van der Waals surface area contributed by atoms with E-state index in [9.17, 15) is 4.39 Å². The number of nitrogens with zero attached hydrogens (tertiary/aromatic N) is 1. The first-order valence-electron chi connectivity index (χ1n) is 6.11. The summed E-state index contributed by atoms with van der Waals surface area (Å²) in [4.78, 5) is 4.26. The summed E-state index contributed by atoms with van der Waals surface area (Å²) in [7, 11) is 0. The number of hydrogen-bond donors (Lipinski definition) is 2. The highest BCUT2D eigenvalue weighted by molar-refractivity contribution is 5.78. The highest BCUT2D eigenvalue weighted by Gasteiger charge is 2.09. The van der Waals surface area contributed by atoms with Crippen molar-refractivity contribution < 1.29 is 4.39 Å². The zero-order valence-electron chi connectivity index (χ0n) is 11.5. The summed E-state index contributed by atoms with van der Waals surface area (Å²) in [5, 5.41) is 3.10. The van der Waals surface area contributed by atoms with Gasteiger partial charge in [0.1, 0.15) is 5.82 Å². The molecule has 18 heavy (non-hydrogen) atoms. The van der Waals surface area contributed by atoms with Gasteiger partial charge in [-0.1, -0.05) is 6.07 Å². The summed E-state index contributed by atoms with van der Waals surface area (Å²) in [5.41, 5.74) is 7.73. The molecule has 0 aromatic heterocycles. The van der Waals surface area contributed by atoms with Crippen LogP contribution in [0.15, 0.2) is 23.2 Å². The molecule has 0 saturated heterocycles. The molecule has 100 valence electrons. The average molecular weight is 251 g/mol. The molecule has 0 atom stereocenters. The molecule has 0 unspecified atom stereocenters. The Bertz CT molecular complexity index is 433. The van der Waals surface area contributed by atoms with Gasteiger partial charge < -0.3 is 11.1 Å². The van der Waals surface area contributed by atoms with Gasteiger partial charge in [0.25, 0.3) is 0 Å². The number of aryl methyl sites for hydroxylation is 1. The van der Waals surface area contributed by atoms with Gasteiger partial charge in [0.05, 0.1) is 0 Å². The number of halogens is 1. The number of aliphatic imine (C=N–C) groups is 1. The topological polar surface area (TPSA) is 50.4 Å². The zero-order chi connectivity index (χ0) is 13.8. The van der Waals surface area contributed by atoms with Gasteiger partial charge in [0.15, 0.2) is 5.96 Å². The van der Waals surface area contributed by atoms with Crippen LogP contribution in [0.5, 0.6) is 0 Å². The predicted molar refractivity (Wildman–Crippen MR) is 74.2 cm³/mol. The van der Waals surface area contributed by atoms with E-state index in [0.29, 0.717) is 12.5 Å². The lowest BCUT2D eigenvalue weighted by Gasteiger charge is -2.21. The number of guanidine groups is 1. The first-order valence-corrected chi connectivity index (χ1v) is 6.11. The average Bonchev–Trinajstić information content (AvgIpc) is 2.18. The molecular weight excluding hydrogens is 229 g/mol. The van der Waals surface area contributed by atoms with Gasteiger partial charge in [0, 0.05) is 12.1 Å². The van der Waals surface area contributed by atoms with Crippen LogP contribution in [0.1, 0.15) is 31.9 Å². The first-order chi connectivity index (χ1) is 8.28. The molecule has 0 bridgehead atoms. The molecule has 1 aromatic rings. The highest BCUT2D eigenvalue weighted by Crippen LogP contribution is 2.10. The molecule has 0 spiro atoms. The molecule has 0 heterocycles. The summed E-state index contributed by atoms with van der Waals surface area (Å²) in [6.45, 7) is 8.58. The Kier molecular flexibility index (Phi) is 4.70. The summed E-state index contributed by atoms with van der Waals surface area (Å²) < 4.78 is 12.9. The van der Waals surface area contributed by atoms with Gasteiger partial charge in [-0.05, 0) is 57.4 Å². The van der Waals surface area contributed by atoms with E-state index in [-0.39, 0.29) is 11.4 Å². The fourth-order valence-corrected chi connectivity index (χ4v) is 1.66. The second kappa shape index (κ2) is 5.85. The quantitative estimate of drug-likeness (QED) is 0.640. The van der Waals surface area contributed by atoms with Crippen LogP contribution in [-0.2, 0) is 6.42 Å². The number of benzene rings is 1. The molecule has 1 aromatic carbocycles. The summed E-state index contributed by atoms with van der Waals surface area (Å²) in [6, 6.07) is 4.81. The molecule has 3 N–H and O–H groups in total. The van der Waals surface area contributed by atoms with Crippen LogP contribution in [0.25, 0.3) is 0 Å². The van der Waals surface area contributed by atoms with Crippen molar-refractivity contribution in [1.29, 1.82) is 0 Å². The fraction of sp³-hybridized carbons (Fsp3) is 0.500. The van der Waals surface area contributed by atoms with Crippen molar-refractivity contribution in [2.75, 3.05) is 6.54 Å². The van der Waals surface area contributed by atoms with Crippen molar-refractivity contribution in [3.63, 3.8) is 0 Å². The van der Waals surface area contributed by atoms with Gasteiger partial charge in [-0.2, -0.15) is 0 Å². The number of hydrogen-bond acceptors (Lipinski definition) is 1. The van der Waals surface area contributed by atoms with Crippen LogP contribution in [-0.4, -0.2) is 18.0 Å². The van der Waals surface area contributed by atoms with Crippen LogP contribution in [0.3, 0.4) is 0 Å². The smallest absolute Gasteiger partial charge is 0.188 e. The van der Waals surface area contributed by atoms with Crippen molar-refractivity contribution >= 4 is 5.96 Å². The molecular formula is C14H22FN3. The lowest BCUT2D eigenvalue weighted by Crippen LogP contribution is -2.45. The van der Waals surface area contributed by atoms with Gasteiger partial charge in [0.2, 0.25) is 0 Å². The van der Waals surface area contributed by atoms with E-state index < -0.39 is 0 Å². The molecule has 4 heteroatoms. The summed E-state index contributed by atoms with van der Waals surface area (Å²) in [6.07, 6.45) is 0.763.